The molecule has 0 unspecified atom stereocenters. The van der Waals surface area contributed by atoms with Crippen molar-refractivity contribution in [3.05, 3.63) is 65.2 Å². The van der Waals surface area contributed by atoms with Gasteiger partial charge in [0.2, 0.25) is 5.91 Å². The van der Waals surface area contributed by atoms with Crippen molar-refractivity contribution >= 4 is 29.3 Å². The van der Waals surface area contributed by atoms with Crippen molar-refractivity contribution in [1.29, 1.82) is 0 Å². The fraction of sp³-hybridized carbons (Fsp3) is 0.133. The number of rotatable bonds is 5. The van der Waals surface area contributed by atoms with E-state index in [-0.39, 0.29) is 5.91 Å². The van der Waals surface area contributed by atoms with Crippen LogP contribution in [-0.2, 0) is 11.3 Å². The van der Waals surface area contributed by atoms with Crippen LogP contribution in [0.4, 0.5) is 0 Å². The zero-order valence-electron chi connectivity index (χ0n) is 10.3. The van der Waals surface area contributed by atoms with Gasteiger partial charge >= 0.3 is 0 Å². The maximum Gasteiger partial charge on any atom is 0.230 e. The SMILES string of the molecule is O=C(CSc1ccccc1)NCc1ccccc1Cl. The smallest absolute Gasteiger partial charge is 0.230 e. The summed E-state index contributed by atoms with van der Waals surface area (Å²) in [5, 5.41) is 3.54. The molecule has 1 amide bonds. The summed E-state index contributed by atoms with van der Waals surface area (Å²) < 4.78 is 0. The summed E-state index contributed by atoms with van der Waals surface area (Å²) in [6.07, 6.45) is 0. The zero-order chi connectivity index (χ0) is 13.5. The zero-order valence-corrected chi connectivity index (χ0v) is 11.9. The van der Waals surface area contributed by atoms with Gasteiger partial charge in [-0.15, -0.1) is 11.8 Å². The van der Waals surface area contributed by atoms with Gasteiger partial charge in [-0.1, -0.05) is 48.0 Å². The first-order valence-corrected chi connectivity index (χ1v) is 7.30. The summed E-state index contributed by atoms with van der Waals surface area (Å²) in [6, 6.07) is 17.4. The summed E-state index contributed by atoms with van der Waals surface area (Å²) in [6.45, 7) is 0.466. The Bertz CT molecular complexity index is 545. The maximum absolute atomic E-state index is 11.7. The summed E-state index contributed by atoms with van der Waals surface area (Å²) in [5.41, 5.74) is 0.933. The summed E-state index contributed by atoms with van der Waals surface area (Å²) >= 11 is 7.55. The number of amides is 1. The number of thioether (sulfide) groups is 1. The Balaban J connectivity index is 1.78. The first kappa shape index (κ1) is 14.0. The first-order chi connectivity index (χ1) is 9.25. The highest BCUT2D eigenvalue weighted by atomic mass is 35.5. The van der Waals surface area contributed by atoms with Gasteiger partial charge in [0, 0.05) is 16.5 Å². The van der Waals surface area contributed by atoms with E-state index >= 15 is 0 Å². The molecule has 0 fully saturated rings. The number of halogens is 1. The average molecular weight is 292 g/mol. The lowest BCUT2D eigenvalue weighted by Crippen LogP contribution is -2.24. The highest BCUT2D eigenvalue weighted by Gasteiger charge is 2.04. The number of nitrogens with one attached hydrogen (secondary N) is 1. The lowest BCUT2D eigenvalue weighted by atomic mass is 10.2. The van der Waals surface area contributed by atoms with Gasteiger partial charge < -0.3 is 5.32 Å². The van der Waals surface area contributed by atoms with Gasteiger partial charge in [0.15, 0.2) is 0 Å². The highest BCUT2D eigenvalue weighted by molar-refractivity contribution is 8.00. The molecule has 0 aliphatic rings. The Morgan fingerprint density at radius 3 is 2.47 bits per heavy atom. The number of hydrogen-bond acceptors (Lipinski definition) is 2. The van der Waals surface area contributed by atoms with Crippen LogP contribution in [0.5, 0.6) is 0 Å². The molecule has 19 heavy (non-hydrogen) atoms. The molecule has 0 radical (unpaired) electrons. The minimum atomic E-state index is 0.00812. The molecule has 4 heteroatoms. The third-order valence-corrected chi connectivity index (χ3v) is 3.93. The van der Waals surface area contributed by atoms with Crippen LogP contribution >= 0.6 is 23.4 Å². The molecule has 0 atom stereocenters. The molecule has 1 N–H and O–H groups in total. The standard InChI is InChI=1S/C15H14ClNOS/c16-14-9-5-4-6-12(14)10-17-15(18)11-19-13-7-2-1-3-8-13/h1-9H,10-11H2,(H,17,18). The third-order valence-electron chi connectivity index (χ3n) is 2.55. The molecule has 2 aromatic rings. The second-order valence-electron chi connectivity index (χ2n) is 3.97. The van der Waals surface area contributed by atoms with Gasteiger partial charge in [-0.3, -0.25) is 4.79 Å². The number of carbonyl (C=O) groups is 1. The van der Waals surface area contributed by atoms with Crippen molar-refractivity contribution in [2.75, 3.05) is 5.75 Å². The van der Waals surface area contributed by atoms with E-state index in [1.54, 1.807) is 0 Å². The lowest BCUT2D eigenvalue weighted by molar-refractivity contribution is -0.118. The molecule has 2 nitrogen and oxygen atoms in total. The fourth-order valence-electron chi connectivity index (χ4n) is 1.55. The van der Waals surface area contributed by atoms with Gasteiger partial charge in [0.1, 0.15) is 0 Å². The van der Waals surface area contributed by atoms with Crippen molar-refractivity contribution in [2.45, 2.75) is 11.4 Å². The Labute approximate surface area is 122 Å². The number of hydrogen-bond donors (Lipinski definition) is 1. The van der Waals surface area contributed by atoms with Gasteiger partial charge in [-0.25, -0.2) is 0 Å². The maximum atomic E-state index is 11.7. The topological polar surface area (TPSA) is 29.1 Å². The third kappa shape index (κ3) is 4.62. The van der Waals surface area contributed by atoms with Crippen molar-refractivity contribution in [3.63, 3.8) is 0 Å². The fourth-order valence-corrected chi connectivity index (χ4v) is 2.50. The van der Waals surface area contributed by atoms with Gasteiger partial charge in [0.25, 0.3) is 0 Å². The molecular weight excluding hydrogens is 278 g/mol. The molecule has 98 valence electrons. The van der Waals surface area contributed by atoms with E-state index in [0.29, 0.717) is 17.3 Å². The molecular formula is C15H14ClNOS. The summed E-state index contributed by atoms with van der Waals surface area (Å²) in [5.74, 6) is 0.419. The van der Waals surface area contributed by atoms with Crippen LogP contribution in [0.25, 0.3) is 0 Å². The van der Waals surface area contributed by atoms with Crippen LogP contribution in [0, 0.1) is 0 Å². The number of benzene rings is 2. The monoisotopic (exact) mass is 291 g/mol. The summed E-state index contributed by atoms with van der Waals surface area (Å²) in [4.78, 5) is 12.8. The van der Waals surface area contributed by atoms with Crippen LogP contribution in [0.1, 0.15) is 5.56 Å². The Hall–Kier alpha value is -1.45. The van der Waals surface area contributed by atoms with Crippen LogP contribution in [-0.4, -0.2) is 11.7 Å². The van der Waals surface area contributed by atoms with E-state index in [4.69, 9.17) is 11.6 Å². The Morgan fingerprint density at radius 1 is 1.05 bits per heavy atom. The van der Waals surface area contributed by atoms with Crippen LogP contribution in [0.2, 0.25) is 5.02 Å². The first-order valence-electron chi connectivity index (χ1n) is 5.93. The van der Waals surface area contributed by atoms with E-state index in [1.165, 1.54) is 11.8 Å². The van der Waals surface area contributed by atoms with E-state index < -0.39 is 0 Å². The average Bonchev–Trinajstić information content (AvgIpc) is 2.45. The van der Waals surface area contributed by atoms with Crippen LogP contribution < -0.4 is 5.32 Å². The molecule has 0 aromatic heterocycles. The Morgan fingerprint density at radius 2 is 1.74 bits per heavy atom. The van der Waals surface area contributed by atoms with E-state index in [0.717, 1.165) is 10.5 Å². The van der Waals surface area contributed by atoms with E-state index in [1.807, 2.05) is 54.6 Å². The minimum Gasteiger partial charge on any atom is -0.351 e. The van der Waals surface area contributed by atoms with Crippen LogP contribution in [0.15, 0.2) is 59.5 Å². The highest BCUT2D eigenvalue weighted by Crippen LogP contribution is 2.17. The second-order valence-corrected chi connectivity index (χ2v) is 5.43. The Kier molecular flexibility index (Phi) is 5.31. The van der Waals surface area contributed by atoms with Crippen LogP contribution in [0.3, 0.4) is 0 Å². The van der Waals surface area contributed by atoms with Gasteiger partial charge in [-0.2, -0.15) is 0 Å². The summed E-state index contributed by atoms with van der Waals surface area (Å²) in [7, 11) is 0. The molecule has 0 saturated carbocycles. The largest absolute Gasteiger partial charge is 0.351 e. The molecule has 0 bridgehead atoms. The number of carbonyl (C=O) groups excluding carboxylic acids is 1. The van der Waals surface area contributed by atoms with E-state index in [2.05, 4.69) is 5.32 Å². The van der Waals surface area contributed by atoms with Crippen molar-refractivity contribution < 1.29 is 4.79 Å². The predicted octanol–water partition coefficient (Wildman–Crippen LogP) is 3.75. The second kappa shape index (κ2) is 7.22. The molecule has 0 aliphatic carbocycles. The molecule has 2 rings (SSSR count). The molecule has 0 heterocycles. The van der Waals surface area contributed by atoms with Gasteiger partial charge in [0.05, 0.1) is 5.75 Å². The predicted molar refractivity (Wildman–Crippen MR) is 80.5 cm³/mol. The lowest BCUT2D eigenvalue weighted by Gasteiger charge is -2.06. The molecule has 0 saturated heterocycles. The van der Waals surface area contributed by atoms with Crippen molar-refractivity contribution in [2.24, 2.45) is 0 Å². The molecule has 2 aromatic carbocycles. The van der Waals surface area contributed by atoms with Crippen molar-refractivity contribution in [3.8, 4) is 0 Å². The molecule has 0 aliphatic heterocycles. The normalized spacial score (nSPS) is 10.2. The quantitative estimate of drug-likeness (QED) is 0.850. The minimum absolute atomic E-state index is 0.00812. The molecule has 0 spiro atoms. The van der Waals surface area contributed by atoms with Crippen molar-refractivity contribution in [1.82, 2.24) is 5.32 Å². The van der Waals surface area contributed by atoms with E-state index in [9.17, 15) is 4.79 Å². The van der Waals surface area contributed by atoms with Gasteiger partial charge in [-0.05, 0) is 23.8 Å².